The Balaban J connectivity index is 2.77. The molecule has 0 aliphatic carbocycles. The van der Waals surface area contributed by atoms with Crippen LogP contribution < -0.4 is 0 Å². The molecular formula is C15H16F3NO. The first kappa shape index (κ1) is 16.0. The maximum absolute atomic E-state index is 12.4. The average Bonchev–Trinajstić information content (AvgIpc) is 2.34. The van der Waals surface area contributed by atoms with Gasteiger partial charge in [0.05, 0.1) is 0 Å². The van der Waals surface area contributed by atoms with Crippen molar-refractivity contribution < 1.29 is 18.0 Å². The van der Waals surface area contributed by atoms with Crippen LogP contribution in [0.1, 0.15) is 11.1 Å². The van der Waals surface area contributed by atoms with Gasteiger partial charge in [-0.3, -0.25) is 4.79 Å². The molecule has 0 aromatic heterocycles. The lowest BCUT2D eigenvalue weighted by atomic mass is 10.1. The van der Waals surface area contributed by atoms with Crippen molar-refractivity contribution in [3.8, 4) is 0 Å². The minimum absolute atomic E-state index is 0.142. The highest BCUT2D eigenvalue weighted by molar-refractivity contribution is 5.91. The second-order valence-corrected chi connectivity index (χ2v) is 4.37. The number of halogens is 3. The molecular weight excluding hydrogens is 267 g/mol. The van der Waals surface area contributed by atoms with E-state index >= 15 is 0 Å². The van der Waals surface area contributed by atoms with Gasteiger partial charge in [0.1, 0.15) is 6.54 Å². The Kier molecular flexibility index (Phi) is 5.55. The van der Waals surface area contributed by atoms with Gasteiger partial charge in [0.2, 0.25) is 5.91 Å². The van der Waals surface area contributed by atoms with Gasteiger partial charge in [0.25, 0.3) is 0 Å². The number of alkyl halides is 3. The molecule has 20 heavy (non-hydrogen) atoms. The monoisotopic (exact) mass is 283 g/mol. The van der Waals surface area contributed by atoms with Crippen molar-refractivity contribution in [1.82, 2.24) is 4.90 Å². The van der Waals surface area contributed by atoms with Gasteiger partial charge in [0, 0.05) is 12.6 Å². The van der Waals surface area contributed by atoms with E-state index in [1.165, 1.54) is 12.2 Å². The van der Waals surface area contributed by atoms with Gasteiger partial charge in [-0.1, -0.05) is 35.9 Å². The first-order valence-corrected chi connectivity index (χ1v) is 6.03. The zero-order chi connectivity index (χ0) is 15.2. The second kappa shape index (κ2) is 6.93. The molecule has 0 aliphatic rings. The molecule has 0 spiro atoms. The van der Waals surface area contributed by atoms with Gasteiger partial charge in [-0.25, -0.2) is 0 Å². The standard InChI is InChI=1S/C15H16F3NO/c1-3-9-19(11-15(16,17)18)14(20)8-7-13-6-4-5-12(2)10-13/h3-8,10H,1,9,11H2,2H3/b8-7+. The fraction of sp³-hybridized carbons (Fsp3) is 0.267. The minimum Gasteiger partial charge on any atom is -0.326 e. The van der Waals surface area contributed by atoms with Crippen LogP contribution >= 0.6 is 0 Å². The molecule has 108 valence electrons. The van der Waals surface area contributed by atoms with Crippen LogP contribution in [0.2, 0.25) is 0 Å². The lowest BCUT2D eigenvalue weighted by molar-refractivity contribution is -0.157. The van der Waals surface area contributed by atoms with Crippen molar-refractivity contribution in [3.63, 3.8) is 0 Å². The third-order valence-corrected chi connectivity index (χ3v) is 2.49. The third-order valence-electron chi connectivity index (χ3n) is 2.49. The summed E-state index contributed by atoms with van der Waals surface area (Å²) in [6.07, 6.45) is -0.508. The van der Waals surface area contributed by atoms with Crippen LogP contribution in [0.4, 0.5) is 13.2 Å². The number of nitrogens with zero attached hydrogens (tertiary/aromatic N) is 1. The molecule has 1 rings (SSSR count). The highest BCUT2D eigenvalue weighted by atomic mass is 19.4. The van der Waals surface area contributed by atoms with E-state index in [9.17, 15) is 18.0 Å². The minimum atomic E-state index is -4.42. The Bertz CT molecular complexity index is 506. The predicted octanol–water partition coefficient (Wildman–Crippen LogP) is 3.59. The van der Waals surface area contributed by atoms with Gasteiger partial charge in [-0.05, 0) is 18.6 Å². The number of benzene rings is 1. The average molecular weight is 283 g/mol. The molecule has 0 saturated heterocycles. The summed E-state index contributed by atoms with van der Waals surface area (Å²) in [5.41, 5.74) is 1.78. The van der Waals surface area contributed by atoms with Crippen LogP contribution in [0.25, 0.3) is 6.08 Å². The first-order valence-electron chi connectivity index (χ1n) is 6.03. The Morgan fingerprint density at radius 2 is 2.10 bits per heavy atom. The fourth-order valence-corrected chi connectivity index (χ4v) is 1.65. The molecule has 1 aromatic carbocycles. The van der Waals surface area contributed by atoms with E-state index in [1.54, 1.807) is 6.07 Å². The Hall–Kier alpha value is -2.04. The topological polar surface area (TPSA) is 20.3 Å². The summed E-state index contributed by atoms with van der Waals surface area (Å²) in [6.45, 7) is 3.83. The Morgan fingerprint density at radius 1 is 1.40 bits per heavy atom. The summed E-state index contributed by atoms with van der Waals surface area (Å²) in [5, 5.41) is 0. The molecule has 0 bridgehead atoms. The molecule has 0 radical (unpaired) electrons. The summed E-state index contributed by atoms with van der Waals surface area (Å²) in [5.74, 6) is -0.691. The van der Waals surface area contributed by atoms with E-state index in [0.717, 1.165) is 17.2 Å². The van der Waals surface area contributed by atoms with Crippen molar-refractivity contribution in [2.24, 2.45) is 0 Å². The van der Waals surface area contributed by atoms with Gasteiger partial charge in [-0.15, -0.1) is 6.58 Å². The van der Waals surface area contributed by atoms with Crippen LogP contribution in [-0.4, -0.2) is 30.1 Å². The number of aryl methyl sites for hydroxylation is 1. The zero-order valence-electron chi connectivity index (χ0n) is 11.2. The number of amides is 1. The van der Waals surface area contributed by atoms with E-state index < -0.39 is 18.6 Å². The van der Waals surface area contributed by atoms with E-state index in [4.69, 9.17) is 0 Å². The number of hydrogen-bond acceptors (Lipinski definition) is 1. The van der Waals surface area contributed by atoms with Crippen LogP contribution in [0.5, 0.6) is 0 Å². The SMILES string of the molecule is C=CCN(CC(F)(F)F)C(=O)/C=C/c1cccc(C)c1. The molecule has 0 saturated carbocycles. The predicted molar refractivity (Wildman–Crippen MR) is 73.0 cm³/mol. The first-order chi connectivity index (χ1) is 9.31. The highest BCUT2D eigenvalue weighted by Gasteiger charge is 2.31. The molecule has 0 N–H and O–H groups in total. The molecule has 0 aliphatic heterocycles. The van der Waals surface area contributed by atoms with Crippen LogP contribution in [0, 0.1) is 6.92 Å². The summed E-state index contributed by atoms with van der Waals surface area (Å²) in [6, 6.07) is 7.33. The Morgan fingerprint density at radius 3 is 2.65 bits per heavy atom. The fourth-order valence-electron chi connectivity index (χ4n) is 1.65. The summed E-state index contributed by atoms with van der Waals surface area (Å²) in [4.78, 5) is 12.5. The van der Waals surface area contributed by atoms with Crippen LogP contribution in [0.15, 0.2) is 43.0 Å². The molecule has 2 nitrogen and oxygen atoms in total. The van der Waals surface area contributed by atoms with Gasteiger partial charge >= 0.3 is 6.18 Å². The molecule has 0 fully saturated rings. The zero-order valence-corrected chi connectivity index (χ0v) is 11.2. The quantitative estimate of drug-likeness (QED) is 0.597. The maximum Gasteiger partial charge on any atom is 0.406 e. The van der Waals surface area contributed by atoms with Crippen molar-refractivity contribution >= 4 is 12.0 Å². The molecule has 0 atom stereocenters. The van der Waals surface area contributed by atoms with E-state index in [0.29, 0.717) is 4.90 Å². The van der Waals surface area contributed by atoms with Crippen molar-refractivity contribution in [2.45, 2.75) is 13.1 Å². The van der Waals surface area contributed by atoms with Crippen molar-refractivity contribution in [1.29, 1.82) is 0 Å². The maximum atomic E-state index is 12.4. The highest BCUT2D eigenvalue weighted by Crippen LogP contribution is 2.17. The summed E-state index contributed by atoms with van der Waals surface area (Å²) >= 11 is 0. The van der Waals surface area contributed by atoms with Crippen molar-refractivity contribution in [3.05, 3.63) is 54.1 Å². The number of hydrogen-bond donors (Lipinski definition) is 0. The van der Waals surface area contributed by atoms with Gasteiger partial charge in [-0.2, -0.15) is 13.2 Å². The van der Waals surface area contributed by atoms with Crippen molar-refractivity contribution in [2.75, 3.05) is 13.1 Å². The second-order valence-electron chi connectivity index (χ2n) is 4.37. The summed E-state index contributed by atoms with van der Waals surface area (Å²) in [7, 11) is 0. The third kappa shape index (κ3) is 5.73. The molecule has 1 amide bonds. The van der Waals surface area contributed by atoms with Gasteiger partial charge in [0.15, 0.2) is 0 Å². The summed E-state index contributed by atoms with van der Waals surface area (Å²) < 4.78 is 37.1. The lowest BCUT2D eigenvalue weighted by Gasteiger charge is -2.20. The van der Waals surface area contributed by atoms with Crippen LogP contribution in [-0.2, 0) is 4.79 Å². The molecule has 5 heteroatoms. The number of rotatable bonds is 5. The largest absolute Gasteiger partial charge is 0.406 e. The van der Waals surface area contributed by atoms with E-state index in [-0.39, 0.29) is 6.54 Å². The van der Waals surface area contributed by atoms with Gasteiger partial charge < -0.3 is 4.90 Å². The number of carbonyl (C=O) groups is 1. The number of carbonyl (C=O) groups excluding carboxylic acids is 1. The van der Waals surface area contributed by atoms with E-state index in [2.05, 4.69) is 6.58 Å². The lowest BCUT2D eigenvalue weighted by Crippen LogP contribution is -2.38. The Labute approximate surface area is 116 Å². The molecule has 1 aromatic rings. The normalized spacial score (nSPS) is 11.6. The molecule has 0 heterocycles. The molecule has 0 unspecified atom stereocenters. The smallest absolute Gasteiger partial charge is 0.326 e. The van der Waals surface area contributed by atoms with Crippen LogP contribution in [0.3, 0.4) is 0 Å². The van der Waals surface area contributed by atoms with E-state index in [1.807, 2.05) is 25.1 Å².